The van der Waals surface area contributed by atoms with Crippen LogP contribution in [0.5, 0.6) is 11.5 Å². The van der Waals surface area contributed by atoms with Gasteiger partial charge in [0.25, 0.3) is 0 Å². The van der Waals surface area contributed by atoms with Crippen LogP contribution in [0.15, 0.2) is 36.4 Å². The normalized spacial score (nSPS) is 20.6. The molecule has 6 nitrogen and oxygen atoms in total. The van der Waals surface area contributed by atoms with Crippen molar-refractivity contribution >= 4 is 17.3 Å². The van der Waals surface area contributed by atoms with Crippen molar-refractivity contribution in [3.63, 3.8) is 0 Å². The zero-order valence-electron chi connectivity index (χ0n) is 16.8. The van der Waals surface area contributed by atoms with Gasteiger partial charge < -0.3 is 19.7 Å². The first-order chi connectivity index (χ1) is 14.2. The number of ether oxygens (including phenoxy) is 2. The van der Waals surface area contributed by atoms with Crippen LogP contribution >= 0.6 is 0 Å². The number of fused-ring (bicyclic) bond motifs is 2. The van der Waals surface area contributed by atoms with Crippen LogP contribution in [0.2, 0.25) is 0 Å². The van der Waals surface area contributed by atoms with E-state index >= 15 is 0 Å². The molecule has 0 spiro atoms. The minimum Gasteiger partial charge on any atom is -0.454 e. The van der Waals surface area contributed by atoms with E-state index in [9.17, 15) is 4.79 Å². The van der Waals surface area contributed by atoms with Gasteiger partial charge in [-0.3, -0.25) is 9.69 Å². The second kappa shape index (κ2) is 7.59. The molecule has 0 aromatic heterocycles. The maximum absolute atomic E-state index is 11.4. The lowest BCUT2D eigenvalue weighted by atomic mass is 9.99. The Balaban J connectivity index is 1.20. The molecule has 5 rings (SSSR count). The Bertz CT molecular complexity index is 922. The fourth-order valence-electron chi connectivity index (χ4n) is 4.74. The number of nitrogens with zero attached hydrogens (tertiary/aromatic N) is 2. The monoisotopic (exact) mass is 393 g/mol. The van der Waals surface area contributed by atoms with Crippen molar-refractivity contribution < 1.29 is 14.3 Å². The average Bonchev–Trinajstić information content (AvgIpc) is 3.34. The number of nitrogens with one attached hydrogen (secondary N) is 1. The molecular weight excluding hydrogens is 366 g/mol. The fourth-order valence-corrected chi connectivity index (χ4v) is 4.74. The SMILES string of the molecule is CC(=O)Nc1ccc2c(c1)C(CN1CCN(c3ccc4c(c3)OCO4)CC1)CC2. The van der Waals surface area contributed by atoms with E-state index < -0.39 is 0 Å². The van der Waals surface area contributed by atoms with Crippen LogP contribution in [0.1, 0.15) is 30.4 Å². The number of rotatable bonds is 4. The van der Waals surface area contributed by atoms with Gasteiger partial charge in [0.05, 0.1) is 0 Å². The third-order valence-corrected chi connectivity index (χ3v) is 6.24. The van der Waals surface area contributed by atoms with Crippen LogP contribution in [-0.4, -0.2) is 50.3 Å². The number of anilines is 2. The first-order valence-corrected chi connectivity index (χ1v) is 10.4. The molecule has 1 amide bonds. The van der Waals surface area contributed by atoms with Gasteiger partial charge in [0.1, 0.15) is 0 Å². The molecule has 3 aliphatic rings. The highest BCUT2D eigenvalue weighted by Crippen LogP contribution is 2.37. The number of amides is 1. The first kappa shape index (κ1) is 18.3. The lowest BCUT2D eigenvalue weighted by Crippen LogP contribution is -2.47. The van der Waals surface area contributed by atoms with Gasteiger partial charge in [-0.1, -0.05) is 6.07 Å². The van der Waals surface area contributed by atoms with Crippen LogP contribution in [0.4, 0.5) is 11.4 Å². The summed E-state index contributed by atoms with van der Waals surface area (Å²) in [6.07, 6.45) is 2.33. The molecule has 0 bridgehead atoms. The topological polar surface area (TPSA) is 54.0 Å². The molecule has 29 heavy (non-hydrogen) atoms. The summed E-state index contributed by atoms with van der Waals surface area (Å²) in [7, 11) is 0. The van der Waals surface area contributed by atoms with Gasteiger partial charge in [0, 0.05) is 57.1 Å². The number of carbonyl (C=O) groups is 1. The van der Waals surface area contributed by atoms with Gasteiger partial charge in [0.2, 0.25) is 12.7 Å². The molecular formula is C23H27N3O3. The van der Waals surface area contributed by atoms with Crippen molar-refractivity contribution in [2.75, 3.05) is 49.7 Å². The molecule has 2 heterocycles. The predicted octanol–water partition coefficient (Wildman–Crippen LogP) is 3.23. The molecule has 0 saturated carbocycles. The van der Waals surface area contributed by atoms with E-state index in [0.29, 0.717) is 12.7 Å². The summed E-state index contributed by atoms with van der Waals surface area (Å²) in [6.45, 7) is 7.13. The minimum absolute atomic E-state index is 0.0147. The van der Waals surface area contributed by atoms with Crippen molar-refractivity contribution in [1.82, 2.24) is 4.90 Å². The van der Waals surface area contributed by atoms with Crippen molar-refractivity contribution in [1.29, 1.82) is 0 Å². The maximum Gasteiger partial charge on any atom is 0.231 e. The number of benzene rings is 2. The Morgan fingerprint density at radius 2 is 1.90 bits per heavy atom. The maximum atomic E-state index is 11.4. The zero-order chi connectivity index (χ0) is 19.8. The molecule has 0 radical (unpaired) electrons. The molecule has 2 aliphatic heterocycles. The lowest BCUT2D eigenvalue weighted by molar-refractivity contribution is -0.114. The third kappa shape index (κ3) is 3.77. The number of aryl methyl sites for hydroxylation is 1. The Morgan fingerprint density at radius 1 is 1.07 bits per heavy atom. The number of piperazine rings is 1. The number of hydrogen-bond donors (Lipinski definition) is 1. The van der Waals surface area contributed by atoms with E-state index in [4.69, 9.17) is 9.47 Å². The van der Waals surface area contributed by atoms with Gasteiger partial charge in [-0.25, -0.2) is 0 Å². The van der Waals surface area contributed by atoms with Crippen molar-refractivity contribution in [2.24, 2.45) is 0 Å². The van der Waals surface area contributed by atoms with E-state index in [1.54, 1.807) is 6.92 Å². The summed E-state index contributed by atoms with van der Waals surface area (Å²) in [5.74, 6) is 2.23. The number of carbonyl (C=O) groups excluding carboxylic acids is 1. The van der Waals surface area contributed by atoms with E-state index in [1.807, 2.05) is 12.1 Å². The zero-order valence-corrected chi connectivity index (χ0v) is 16.8. The molecule has 6 heteroatoms. The summed E-state index contributed by atoms with van der Waals surface area (Å²) < 4.78 is 10.9. The predicted molar refractivity (Wildman–Crippen MR) is 113 cm³/mol. The summed E-state index contributed by atoms with van der Waals surface area (Å²) in [6, 6.07) is 12.6. The Kier molecular flexibility index (Phi) is 4.79. The van der Waals surface area contributed by atoms with Crippen LogP contribution in [-0.2, 0) is 11.2 Å². The van der Waals surface area contributed by atoms with Gasteiger partial charge in [0.15, 0.2) is 11.5 Å². The highest BCUT2D eigenvalue weighted by Gasteiger charge is 2.27. The van der Waals surface area contributed by atoms with Crippen LogP contribution in [0.25, 0.3) is 0 Å². The van der Waals surface area contributed by atoms with Gasteiger partial charge >= 0.3 is 0 Å². The van der Waals surface area contributed by atoms with Crippen molar-refractivity contribution in [2.45, 2.75) is 25.7 Å². The molecule has 1 atom stereocenters. The van der Waals surface area contributed by atoms with E-state index in [1.165, 1.54) is 23.2 Å². The molecule has 1 saturated heterocycles. The molecule has 2 aromatic rings. The highest BCUT2D eigenvalue weighted by atomic mass is 16.7. The van der Waals surface area contributed by atoms with Crippen molar-refractivity contribution in [3.8, 4) is 11.5 Å². The van der Waals surface area contributed by atoms with E-state index in [0.717, 1.165) is 56.3 Å². The van der Waals surface area contributed by atoms with Gasteiger partial charge in [-0.15, -0.1) is 0 Å². The van der Waals surface area contributed by atoms with Gasteiger partial charge in [-0.05, 0) is 54.2 Å². The molecule has 1 fully saturated rings. The summed E-state index contributed by atoms with van der Waals surface area (Å²) in [5.41, 5.74) is 4.97. The second-order valence-electron chi connectivity index (χ2n) is 8.16. The quantitative estimate of drug-likeness (QED) is 0.864. The molecule has 1 unspecified atom stereocenters. The Labute approximate surface area is 171 Å². The summed E-state index contributed by atoms with van der Waals surface area (Å²) in [4.78, 5) is 16.4. The van der Waals surface area contributed by atoms with E-state index in [-0.39, 0.29) is 5.91 Å². The molecule has 1 aliphatic carbocycles. The van der Waals surface area contributed by atoms with Crippen LogP contribution in [0.3, 0.4) is 0 Å². The molecule has 152 valence electrons. The molecule has 2 aromatic carbocycles. The van der Waals surface area contributed by atoms with Crippen LogP contribution in [0, 0.1) is 0 Å². The summed E-state index contributed by atoms with van der Waals surface area (Å²) >= 11 is 0. The smallest absolute Gasteiger partial charge is 0.231 e. The third-order valence-electron chi connectivity index (χ3n) is 6.24. The van der Waals surface area contributed by atoms with Gasteiger partial charge in [-0.2, -0.15) is 0 Å². The lowest BCUT2D eigenvalue weighted by Gasteiger charge is -2.37. The highest BCUT2D eigenvalue weighted by molar-refractivity contribution is 5.88. The number of hydrogen-bond acceptors (Lipinski definition) is 5. The largest absolute Gasteiger partial charge is 0.454 e. The summed E-state index contributed by atoms with van der Waals surface area (Å²) in [5, 5.41) is 2.92. The Morgan fingerprint density at radius 3 is 2.72 bits per heavy atom. The van der Waals surface area contributed by atoms with E-state index in [2.05, 4.69) is 39.4 Å². The minimum atomic E-state index is -0.0147. The molecule has 1 N–H and O–H groups in total. The average molecular weight is 393 g/mol. The first-order valence-electron chi connectivity index (χ1n) is 10.4. The van der Waals surface area contributed by atoms with Crippen molar-refractivity contribution in [3.05, 3.63) is 47.5 Å². The standard InChI is InChI=1S/C23H27N3O3/c1-16(27)24-19-5-4-17-2-3-18(21(17)12-19)14-25-8-10-26(11-9-25)20-6-7-22-23(13-20)29-15-28-22/h4-7,12-13,18H,2-3,8-11,14-15H2,1H3,(H,24,27). The fraction of sp³-hybridized carbons (Fsp3) is 0.435. The second-order valence-corrected chi connectivity index (χ2v) is 8.16. The Hall–Kier alpha value is -2.73. The van der Waals surface area contributed by atoms with Crippen LogP contribution < -0.4 is 19.7 Å².